The lowest BCUT2D eigenvalue weighted by Crippen LogP contribution is -2.40. The first-order valence-corrected chi connectivity index (χ1v) is 5.57. The predicted octanol–water partition coefficient (Wildman–Crippen LogP) is 2.25. The van der Waals surface area contributed by atoms with Gasteiger partial charge in [0.05, 0.1) is 6.17 Å². The number of rotatable bonds is 2. The fourth-order valence-corrected chi connectivity index (χ4v) is 3.04. The fraction of sp³-hybridized carbons (Fsp3) is 0.385. The summed E-state index contributed by atoms with van der Waals surface area (Å²) in [6.07, 6.45) is 4.69. The number of fused-ring (bicyclic) bond motifs is 3. The maximum atomic E-state index is 3.90. The second-order valence-electron chi connectivity index (χ2n) is 4.48. The van der Waals surface area contributed by atoms with E-state index in [4.69, 9.17) is 0 Å². The third-order valence-corrected chi connectivity index (χ3v) is 3.74. The summed E-state index contributed by atoms with van der Waals surface area (Å²) in [7, 11) is 0. The van der Waals surface area contributed by atoms with Gasteiger partial charge in [0.25, 0.3) is 0 Å². The second-order valence-corrected chi connectivity index (χ2v) is 4.48. The van der Waals surface area contributed by atoms with E-state index in [0.717, 1.165) is 13.0 Å². The van der Waals surface area contributed by atoms with Crippen LogP contribution in [0.3, 0.4) is 0 Å². The van der Waals surface area contributed by atoms with Crippen LogP contribution in [-0.4, -0.2) is 12.7 Å². The summed E-state index contributed by atoms with van der Waals surface area (Å²) in [5, 5.41) is 7.10. The van der Waals surface area contributed by atoms with E-state index >= 15 is 0 Å². The molecule has 0 amide bonds. The zero-order valence-electron chi connectivity index (χ0n) is 8.79. The molecule has 1 aromatic rings. The minimum Gasteiger partial charge on any atom is -0.369 e. The van der Waals surface area contributed by atoms with Gasteiger partial charge in [-0.3, -0.25) is 5.32 Å². The molecule has 2 heterocycles. The Bertz CT molecular complexity index is 399. The lowest BCUT2D eigenvalue weighted by Gasteiger charge is -2.27. The van der Waals surface area contributed by atoms with Crippen molar-refractivity contribution in [2.45, 2.75) is 24.4 Å². The molecular weight excluding hydrogens is 184 g/mol. The molecule has 0 spiro atoms. The zero-order valence-corrected chi connectivity index (χ0v) is 8.79. The van der Waals surface area contributed by atoms with E-state index < -0.39 is 0 Å². The number of nitrogens with one attached hydrogen (secondary N) is 2. The van der Waals surface area contributed by atoms with Crippen LogP contribution in [0.2, 0.25) is 0 Å². The van der Waals surface area contributed by atoms with Gasteiger partial charge in [0.15, 0.2) is 0 Å². The quantitative estimate of drug-likeness (QED) is 0.715. The third-order valence-electron chi connectivity index (χ3n) is 3.74. The van der Waals surface area contributed by atoms with E-state index in [-0.39, 0.29) is 5.41 Å². The number of allylic oxidation sites excluding steroid dienone is 1. The van der Waals surface area contributed by atoms with Crippen molar-refractivity contribution in [2.75, 3.05) is 11.9 Å². The van der Waals surface area contributed by atoms with Gasteiger partial charge in [-0.05, 0) is 31.0 Å². The van der Waals surface area contributed by atoms with E-state index in [1.54, 1.807) is 0 Å². The van der Waals surface area contributed by atoms with Crippen LogP contribution in [0.25, 0.3) is 0 Å². The summed E-state index contributed by atoms with van der Waals surface area (Å²) >= 11 is 0. The van der Waals surface area contributed by atoms with Gasteiger partial charge in [0.2, 0.25) is 0 Å². The Morgan fingerprint density at radius 2 is 2.33 bits per heavy atom. The van der Waals surface area contributed by atoms with Crippen LogP contribution in [0.4, 0.5) is 5.69 Å². The van der Waals surface area contributed by atoms with Crippen molar-refractivity contribution in [3.63, 3.8) is 0 Å². The molecule has 2 atom stereocenters. The zero-order chi connectivity index (χ0) is 10.3. The highest BCUT2D eigenvalue weighted by Gasteiger charge is 2.48. The summed E-state index contributed by atoms with van der Waals surface area (Å²) < 4.78 is 0. The smallest absolute Gasteiger partial charge is 0.0871 e. The molecule has 2 aliphatic rings. The van der Waals surface area contributed by atoms with Gasteiger partial charge >= 0.3 is 0 Å². The molecule has 0 aromatic heterocycles. The first-order valence-electron chi connectivity index (χ1n) is 5.57. The molecule has 1 fully saturated rings. The molecule has 0 aliphatic carbocycles. The van der Waals surface area contributed by atoms with Gasteiger partial charge in [-0.1, -0.05) is 24.3 Å². The summed E-state index contributed by atoms with van der Waals surface area (Å²) in [4.78, 5) is 0. The van der Waals surface area contributed by atoms with Gasteiger partial charge in [-0.25, -0.2) is 0 Å². The SMILES string of the molecule is C=CC[C@@]12CCN[C@@H]1Nc1ccccc12. The third kappa shape index (κ3) is 1.08. The molecular formula is C13H16N2. The molecule has 15 heavy (non-hydrogen) atoms. The van der Waals surface area contributed by atoms with E-state index in [1.807, 2.05) is 6.08 Å². The normalized spacial score (nSPS) is 31.9. The number of anilines is 1. The first kappa shape index (κ1) is 8.98. The van der Waals surface area contributed by atoms with Crippen LogP contribution < -0.4 is 10.6 Å². The summed E-state index contributed by atoms with van der Waals surface area (Å²) in [6, 6.07) is 8.64. The van der Waals surface area contributed by atoms with Crippen LogP contribution in [0.5, 0.6) is 0 Å². The monoisotopic (exact) mass is 200 g/mol. The molecule has 1 saturated heterocycles. The van der Waals surface area contributed by atoms with Crippen molar-refractivity contribution in [3.8, 4) is 0 Å². The van der Waals surface area contributed by atoms with Gasteiger partial charge in [-0.15, -0.1) is 6.58 Å². The molecule has 0 radical (unpaired) electrons. The van der Waals surface area contributed by atoms with E-state index in [9.17, 15) is 0 Å². The Labute approximate surface area is 90.4 Å². The van der Waals surface area contributed by atoms with Crippen LogP contribution in [0.1, 0.15) is 18.4 Å². The van der Waals surface area contributed by atoms with Gasteiger partial charge in [-0.2, -0.15) is 0 Å². The largest absolute Gasteiger partial charge is 0.369 e. The molecule has 1 aromatic carbocycles. The molecule has 3 rings (SSSR count). The average molecular weight is 200 g/mol. The lowest BCUT2D eigenvalue weighted by atomic mass is 9.76. The number of hydrogen-bond donors (Lipinski definition) is 2. The molecule has 0 unspecified atom stereocenters. The van der Waals surface area contributed by atoms with Crippen molar-refractivity contribution >= 4 is 5.69 Å². The van der Waals surface area contributed by atoms with Crippen LogP contribution >= 0.6 is 0 Å². The maximum absolute atomic E-state index is 3.90. The fourth-order valence-electron chi connectivity index (χ4n) is 3.04. The maximum Gasteiger partial charge on any atom is 0.0871 e. The Balaban J connectivity index is 2.12. The molecule has 2 aliphatic heterocycles. The van der Waals surface area contributed by atoms with Crippen molar-refractivity contribution in [1.29, 1.82) is 0 Å². The Morgan fingerprint density at radius 3 is 3.20 bits per heavy atom. The molecule has 0 saturated carbocycles. The topological polar surface area (TPSA) is 24.1 Å². The van der Waals surface area contributed by atoms with E-state index in [1.165, 1.54) is 17.7 Å². The molecule has 2 N–H and O–H groups in total. The van der Waals surface area contributed by atoms with E-state index in [0.29, 0.717) is 6.17 Å². The Morgan fingerprint density at radius 1 is 1.47 bits per heavy atom. The van der Waals surface area contributed by atoms with Crippen molar-refractivity contribution in [2.24, 2.45) is 0 Å². The Kier molecular flexibility index (Phi) is 1.86. The van der Waals surface area contributed by atoms with Crippen LogP contribution in [0, 0.1) is 0 Å². The average Bonchev–Trinajstić information content (AvgIpc) is 2.74. The lowest BCUT2D eigenvalue weighted by molar-refractivity contribution is 0.424. The highest BCUT2D eigenvalue weighted by atomic mass is 15.2. The highest BCUT2D eigenvalue weighted by Crippen LogP contribution is 2.47. The number of benzene rings is 1. The number of para-hydroxylation sites is 1. The van der Waals surface area contributed by atoms with Crippen molar-refractivity contribution < 1.29 is 0 Å². The van der Waals surface area contributed by atoms with Crippen LogP contribution in [0.15, 0.2) is 36.9 Å². The van der Waals surface area contributed by atoms with Gasteiger partial charge in [0, 0.05) is 11.1 Å². The first-order chi connectivity index (χ1) is 7.37. The summed E-state index contributed by atoms with van der Waals surface area (Å²) in [5.41, 5.74) is 3.00. The predicted molar refractivity (Wildman–Crippen MR) is 63.0 cm³/mol. The molecule has 2 nitrogen and oxygen atoms in total. The minimum atomic E-state index is 0.248. The van der Waals surface area contributed by atoms with Gasteiger partial charge in [0.1, 0.15) is 0 Å². The highest BCUT2D eigenvalue weighted by molar-refractivity contribution is 5.62. The standard InChI is InChI=1S/C13H16N2/c1-2-7-13-8-9-14-12(13)15-11-6-4-3-5-10(11)13/h2-6,12,14-15H,1,7-9H2/t12-,13+/m1/s1. The molecule has 0 bridgehead atoms. The number of hydrogen-bond acceptors (Lipinski definition) is 2. The van der Waals surface area contributed by atoms with E-state index in [2.05, 4.69) is 41.5 Å². The molecule has 2 heteroatoms. The minimum absolute atomic E-state index is 0.248. The van der Waals surface area contributed by atoms with Gasteiger partial charge < -0.3 is 5.32 Å². The molecule has 78 valence electrons. The summed E-state index contributed by atoms with van der Waals surface area (Å²) in [5.74, 6) is 0. The van der Waals surface area contributed by atoms with Crippen molar-refractivity contribution in [1.82, 2.24) is 5.32 Å². The van der Waals surface area contributed by atoms with Crippen LogP contribution in [-0.2, 0) is 5.41 Å². The Hall–Kier alpha value is -1.28. The summed E-state index contributed by atoms with van der Waals surface area (Å²) in [6.45, 7) is 4.99. The second kappa shape index (κ2) is 3.11. The van der Waals surface area contributed by atoms with Crippen molar-refractivity contribution in [3.05, 3.63) is 42.5 Å².